The number of carbonyl (C=O) groups excluding carboxylic acids is 1. The van der Waals surface area contributed by atoms with Gasteiger partial charge in [-0.05, 0) is 25.0 Å². The van der Waals surface area contributed by atoms with Gasteiger partial charge in [-0.1, -0.05) is 20.8 Å². The SMILES string of the molecule is CN(C(=O)c1cc(N)nc(C(C)(C)C)c1)C1CC1. The molecule has 1 fully saturated rings. The normalized spacial score (nSPS) is 15.6. The number of hydrogen-bond acceptors (Lipinski definition) is 3. The van der Waals surface area contributed by atoms with Gasteiger partial charge >= 0.3 is 0 Å². The van der Waals surface area contributed by atoms with Gasteiger partial charge in [-0.25, -0.2) is 4.98 Å². The van der Waals surface area contributed by atoms with Gasteiger partial charge in [0.15, 0.2) is 0 Å². The summed E-state index contributed by atoms with van der Waals surface area (Å²) in [5.41, 5.74) is 7.19. The molecule has 2 N–H and O–H groups in total. The van der Waals surface area contributed by atoms with Crippen LogP contribution in [0.4, 0.5) is 5.82 Å². The van der Waals surface area contributed by atoms with Crippen molar-refractivity contribution in [2.75, 3.05) is 12.8 Å². The minimum absolute atomic E-state index is 0.0390. The lowest BCUT2D eigenvalue weighted by molar-refractivity contribution is 0.0785. The molecule has 18 heavy (non-hydrogen) atoms. The van der Waals surface area contributed by atoms with Crippen LogP contribution in [0.1, 0.15) is 49.7 Å². The van der Waals surface area contributed by atoms with Gasteiger partial charge in [-0.15, -0.1) is 0 Å². The summed E-state index contributed by atoms with van der Waals surface area (Å²) in [7, 11) is 1.85. The average Bonchev–Trinajstić information content (AvgIpc) is 3.08. The van der Waals surface area contributed by atoms with E-state index < -0.39 is 0 Å². The highest BCUT2D eigenvalue weighted by Gasteiger charge is 2.30. The molecule has 1 saturated carbocycles. The number of nitrogens with two attached hydrogens (primary N) is 1. The molecule has 98 valence electrons. The number of nitrogen functional groups attached to an aromatic ring is 1. The van der Waals surface area contributed by atoms with Gasteiger partial charge in [-0.3, -0.25) is 4.79 Å². The summed E-state index contributed by atoms with van der Waals surface area (Å²) in [4.78, 5) is 18.4. The number of pyridine rings is 1. The summed E-state index contributed by atoms with van der Waals surface area (Å²) < 4.78 is 0. The Hall–Kier alpha value is -1.58. The second-order valence-electron chi connectivity index (χ2n) is 6.06. The molecule has 0 bridgehead atoms. The Bertz CT molecular complexity index is 472. The van der Waals surface area contributed by atoms with Gasteiger partial charge in [-0.2, -0.15) is 0 Å². The predicted molar refractivity (Wildman–Crippen MR) is 72.5 cm³/mol. The molecule has 0 atom stereocenters. The Kier molecular flexibility index (Phi) is 3.05. The van der Waals surface area contributed by atoms with Crippen LogP contribution < -0.4 is 5.73 Å². The first-order valence-corrected chi connectivity index (χ1v) is 6.34. The molecular weight excluding hydrogens is 226 g/mol. The third-order valence-corrected chi connectivity index (χ3v) is 3.28. The largest absolute Gasteiger partial charge is 0.384 e. The Balaban J connectivity index is 2.32. The second-order valence-corrected chi connectivity index (χ2v) is 6.06. The zero-order valence-electron chi connectivity index (χ0n) is 11.5. The fraction of sp³-hybridized carbons (Fsp3) is 0.571. The smallest absolute Gasteiger partial charge is 0.254 e. The maximum absolute atomic E-state index is 12.3. The molecule has 1 aromatic heterocycles. The lowest BCUT2D eigenvalue weighted by Crippen LogP contribution is -2.29. The van der Waals surface area contributed by atoms with E-state index in [2.05, 4.69) is 25.8 Å². The first-order valence-electron chi connectivity index (χ1n) is 6.34. The van der Waals surface area contributed by atoms with E-state index in [9.17, 15) is 4.79 Å². The van der Waals surface area contributed by atoms with E-state index in [1.807, 2.05) is 13.1 Å². The fourth-order valence-corrected chi connectivity index (χ4v) is 1.89. The van der Waals surface area contributed by atoms with Crippen LogP contribution in [0, 0.1) is 0 Å². The molecule has 1 heterocycles. The average molecular weight is 247 g/mol. The van der Waals surface area contributed by atoms with Crippen molar-refractivity contribution in [1.29, 1.82) is 0 Å². The fourth-order valence-electron chi connectivity index (χ4n) is 1.89. The van der Waals surface area contributed by atoms with Crippen LogP contribution in [0.3, 0.4) is 0 Å². The minimum atomic E-state index is -0.109. The van der Waals surface area contributed by atoms with E-state index in [1.165, 1.54) is 0 Å². The maximum Gasteiger partial charge on any atom is 0.254 e. The van der Waals surface area contributed by atoms with E-state index in [0.29, 0.717) is 17.4 Å². The molecule has 2 rings (SSSR count). The molecular formula is C14H21N3O. The summed E-state index contributed by atoms with van der Waals surface area (Å²) in [5.74, 6) is 0.451. The first kappa shape index (κ1) is 12.9. The number of anilines is 1. The molecule has 1 aliphatic rings. The summed E-state index contributed by atoms with van der Waals surface area (Å²) in [6, 6.07) is 3.93. The van der Waals surface area contributed by atoms with Crippen molar-refractivity contribution in [2.45, 2.75) is 45.1 Å². The van der Waals surface area contributed by atoms with Crippen LogP contribution in [-0.4, -0.2) is 28.9 Å². The van der Waals surface area contributed by atoms with Crippen LogP contribution in [0.5, 0.6) is 0 Å². The van der Waals surface area contributed by atoms with Gasteiger partial charge in [0.25, 0.3) is 5.91 Å². The van der Waals surface area contributed by atoms with E-state index in [1.54, 1.807) is 11.0 Å². The van der Waals surface area contributed by atoms with Gasteiger partial charge in [0, 0.05) is 29.8 Å². The highest BCUT2D eigenvalue weighted by atomic mass is 16.2. The van der Waals surface area contributed by atoms with Crippen LogP contribution in [0.2, 0.25) is 0 Å². The zero-order chi connectivity index (χ0) is 13.5. The van der Waals surface area contributed by atoms with E-state index in [4.69, 9.17) is 5.73 Å². The van der Waals surface area contributed by atoms with Gasteiger partial charge in [0.1, 0.15) is 5.82 Å². The van der Waals surface area contributed by atoms with E-state index >= 15 is 0 Å². The van der Waals surface area contributed by atoms with Crippen molar-refractivity contribution in [3.8, 4) is 0 Å². The monoisotopic (exact) mass is 247 g/mol. The number of carbonyl (C=O) groups is 1. The summed E-state index contributed by atoms with van der Waals surface area (Å²) in [5, 5.41) is 0. The van der Waals surface area contributed by atoms with Crippen molar-refractivity contribution >= 4 is 11.7 Å². The molecule has 1 amide bonds. The number of aromatic nitrogens is 1. The lowest BCUT2D eigenvalue weighted by atomic mass is 9.90. The van der Waals surface area contributed by atoms with Crippen molar-refractivity contribution < 1.29 is 4.79 Å². The Labute approximate surface area is 108 Å². The van der Waals surface area contributed by atoms with Crippen molar-refractivity contribution in [3.05, 3.63) is 23.4 Å². The minimum Gasteiger partial charge on any atom is -0.384 e. The summed E-state index contributed by atoms with van der Waals surface area (Å²) >= 11 is 0. The number of amides is 1. The maximum atomic E-state index is 12.3. The predicted octanol–water partition coefficient (Wildman–Crippen LogP) is 2.20. The second kappa shape index (κ2) is 4.26. The Morgan fingerprint density at radius 3 is 2.50 bits per heavy atom. The Morgan fingerprint density at radius 2 is 2.00 bits per heavy atom. The molecule has 0 radical (unpaired) electrons. The van der Waals surface area contributed by atoms with Crippen LogP contribution in [0.25, 0.3) is 0 Å². The lowest BCUT2D eigenvalue weighted by Gasteiger charge is -2.21. The van der Waals surface area contributed by atoms with Gasteiger partial charge < -0.3 is 10.6 Å². The van der Waals surface area contributed by atoms with Gasteiger partial charge in [0.2, 0.25) is 0 Å². The van der Waals surface area contributed by atoms with Crippen molar-refractivity contribution in [2.24, 2.45) is 0 Å². The first-order chi connectivity index (χ1) is 8.29. The molecule has 1 aromatic rings. The molecule has 1 aliphatic carbocycles. The quantitative estimate of drug-likeness (QED) is 0.871. The number of nitrogens with zero attached hydrogens (tertiary/aromatic N) is 2. The van der Waals surface area contributed by atoms with Gasteiger partial charge in [0.05, 0.1) is 0 Å². The van der Waals surface area contributed by atoms with Crippen molar-refractivity contribution in [3.63, 3.8) is 0 Å². The van der Waals surface area contributed by atoms with Crippen LogP contribution >= 0.6 is 0 Å². The van der Waals surface area contributed by atoms with E-state index in [-0.39, 0.29) is 11.3 Å². The molecule has 0 spiro atoms. The molecule has 0 aromatic carbocycles. The summed E-state index contributed by atoms with van der Waals surface area (Å²) in [6.45, 7) is 6.19. The topological polar surface area (TPSA) is 59.2 Å². The summed E-state index contributed by atoms with van der Waals surface area (Å²) in [6.07, 6.45) is 2.21. The Morgan fingerprint density at radius 1 is 1.39 bits per heavy atom. The zero-order valence-corrected chi connectivity index (χ0v) is 11.5. The molecule has 0 aliphatic heterocycles. The van der Waals surface area contributed by atoms with Crippen LogP contribution in [-0.2, 0) is 5.41 Å². The van der Waals surface area contributed by atoms with E-state index in [0.717, 1.165) is 18.5 Å². The molecule has 4 heteroatoms. The van der Waals surface area contributed by atoms with Crippen molar-refractivity contribution in [1.82, 2.24) is 9.88 Å². The highest BCUT2D eigenvalue weighted by Crippen LogP contribution is 2.28. The third kappa shape index (κ3) is 2.63. The van der Waals surface area contributed by atoms with Crippen LogP contribution in [0.15, 0.2) is 12.1 Å². The highest BCUT2D eigenvalue weighted by molar-refractivity contribution is 5.95. The molecule has 0 saturated heterocycles. The third-order valence-electron chi connectivity index (χ3n) is 3.28. The molecule has 4 nitrogen and oxygen atoms in total. The number of rotatable bonds is 2. The molecule has 0 unspecified atom stereocenters. The standard InChI is InChI=1S/C14H21N3O/c1-14(2,3)11-7-9(8-12(15)16-11)13(18)17(4)10-5-6-10/h7-8,10H,5-6H2,1-4H3,(H2,15,16). The number of hydrogen-bond donors (Lipinski definition) is 1.